The maximum Gasteiger partial charge on any atom is 0.276 e. The van der Waals surface area contributed by atoms with Crippen LogP contribution in [0.2, 0.25) is 0 Å². The number of carbonyl (C=O) groups excluding carboxylic acids is 2. The van der Waals surface area contributed by atoms with E-state index in [-0.39, 0.29) is 5.69 Å². The zero-order valence-electron chi connectivity index (χ0n) is 18.6. The lowest BCUT2D eigenvalue weighted by Gasteiger charge is -2.18. The molecule has 0 bridgehead atoms. The van der Waals surface area contributed by atoms with E-state index in [0.717, 1.165) is 4.42 Å². The third-order valence-electron chi connectivity index (χ3n) is 4.20. The number of methoxy groups -OCH3 is 2. The van der Waals surface area contributed by atoms with Crippen LogP contribution in [0, 0.1) is 0 Å². The van der Waals surface area contributed by atoms with E-state index < -0.39 is 17.7 Å². The third-order valence-corrected chi connectivity index (χ3v) is 4.56. The molecule has 2 rings (SSSR count). The van der Waals surface area contributed by atoms with Crippen molar-refractivity contribution >= 4 is 34.8 Å². The largest absolute Gasteiger partial charge is 0.497 e. The van der Waals surface area contributed by atoms with Gasteiger partial charge in [-0.25, -0.2) is 4.42 Å². The van der Waals surface area contributed by atoms with Gasteiger partial charge in [0.1, 0.15) is 28.7 Å². The first kappa shape index (κ1) is 24.9. The van der Waals surface area contributed by atoms with Gasteiger partial charge < -0.3 is 18.9 Å². The van der Waals surface area contributed by atoms with Crippen LogP contribution in [0.1, 0.15) is 20.8 Å². The van der Waals surface area contributed by atoms with Crippen LogP contribution in [-0.4, -0.2) is 45.2 Å². The fourth-order valence-corrected chi connectivity index (χ4v) is 2.86. The Bertz CT molecular complexity index is 960. The van der Waals surface area contributed by atoms with Gasteiger partial charge in [0, 0.05) is 36.0 Å². The van der Waals surface area contributed by atoms with E-state index in [1.807, 2.05) is 13.8 Å². The van der Waals surface area contributed by atoms with Crippen LogP contribution in [0.4, 0.5) is 11.4 Å². The molecule has 2 aromatic rings. The fraction of sp³-hybridized carbons (Fsp3) is 0.364. The highest BCUT2D eigenvalue weighted by Crippen LogP contribution is 2.33. The molecule has 0 spiro atoms. The molecule has 0 aliphatic rings. The van der Waals surface area contributed by atoms with Crippen LogP contribution < -0.4 is 23.4 Å². The topological polar surface area (TPSA) is 99.0 Å². The minimum absolute atomic E-state index is 0.252. The predicted molar refractivity (Wildman–Crippen MR) is 121 cm³/mol. The normalized spacial score (nSPS) is 11.7. The predicted octanol–water partition coefficient (Wildman–Crippen LogP) is 4.73. The van der Waals surface area contributed by atoms with E-state index in [9.17, 15) is 9.59 Å². The number of nitrogens with zero attached hydrogens (tertiary/aromatic N) is 3. The maximum atomic E-state index is 13.0. The zero-order valence-corrected chi connectivity index (χ0v) is 19.4. The standard InChI is InChI=1S/C22H26ClN3O6/c1-6-31-16-8-9-20(32-7-2)19(13-16)24-25-21(14(3)27)22(28)26(23)15-10-17(29-4)12-18(11-15)30-5/h8-13,21H,6-7H2,1-5H3. The number of rotatable bonds is 11. The van der Waals surface area contributed by atoms with E-state index in [0.29, 0.717) is 41.9 Å². The molecule has 0 saturated heterocycles. The molecule has 9 nitrogen and oxygen atoms in total. The second-order valence-corrected chi connectivity index (χ2v) is 6.75. The molecule has 0 aliphatic carbocycles. The van der Waals surface area contributed by atoms with Gasteiger partial charge in [-0.05, 0) is 32.9 Å². The number of hydrogen-bond donors (Lipinski definition) is 0. The molecule has 1 amide bonds. The molecule has 32 heavy (non-hydrogen) atoms. The Kier molecular flexibility index (Phi) is 9.27. The third kappa shape index (κ3) is 6.34. The molecule has 2 aromatic carbocycles. The van der Waals surface area contributed by atoms with Crippen LogP contribution in [0.3, 0.4) is 0 Å². The Morgan fingerprint density at radius 3 is 2.12 bits per heavy atom. The van der Waals surface area contributed by atoms with Crippen LogP contribution in [-0.2, 0) is 9.59 Å². The number of amides is 1. The number of carbonyl (C=O) groups is 2. The molecule has 0 radical (unpaired) electrons. The maximum absolute atomic E-state index is 13.0. The molecule has 1 unspecified atom stereocenters. The summed E-state index contributed by atoms with van der Waals surface area (Å²) in [7, 11) is 2.94. The second kappa shape index (κ2) is 11.9. The summed E-state index contributed by atoms with van der Waals surface area (Å²) >= 11 is 6.26. The van der Waals surface area contributed by atoms with Crippen molar-refractivity contribution in [3.8, 4) is 23.0 Å². The molecule has 172 valence electrons. The molecule has 0 aromatic heterocycles. The number of ether oxygens (including phenoxy) is 4. The highest BCUT2D eigenvalue weighted by molar-refractivity contribution is 6.39. The summed E-state index contributed by atoms with van der Waals surface area (Å²) in [6.45, 7) is 5.78. The fourth-order valence-electron chi connectivity index (χ4n) is 2.67. The van der Waals surface area contributed by atoms with Gasteiger partial charge in [0.15, 0.2) is 5.78 Å². The van der Waals surface area contributed by atoms with Crippen molar-refractivity contribution in [3.05, 3.63) is 36.4 Å². The highest BCUT2D eigenvalue weighted by atomic mass is 35.5. The van der Waals surface area contributed by atoms with E-state index >= 15 is 0 Å². The first-order chi connectivity index (χ1) is 15.3. The Labute approximate surface area is 192 Å². The van der Waals surface area contributed by atoms with Crippen molar-refractivity contribution < 1.29 is 28.5 Å². The van der Waals surface area contributed by atoms with Crippen molar-refractivity contribution in [2.45, 2.75) is 26.8 Å². The minimum Gasteiger partial charge on any atom is -0.497 e. The van der Waals surface area contributed by atoms with Crippen molar-refractivity contribution in [1.82, 2.24) is 0 Å². The Balaban J connectivity index is 2.36. The van der Waals surface area contributed by atoms with Crippen LogP contribution in [0.25, 0.3) is 0 Å². The average Bonchev–Trinajstić information content (AvgIpc) is 2.79. The van der Waals surface area contributed by atoms with Crippen LogP contribution in [0.15, 0.2) is 46.6 Å². The summed E-state index contributed by atoms with van der Waals surface area (Å²) < 4.78 is 22.2. The lowest BCUT2D eigenvalue weighted by Crippen LogP contribution is -2.36. The molecule has 10 heteroatoms. The van der Waals surface area contributed by atoms with Gasteiger partial charge in [-0.2, -0.15) is 10.2 Å². The van der Waals surface area contributed by atoms with Crippen molar-refractivity contribution in [2.75, 3.05) is 31.9 Å². The van der Waals surface area contributed by atoms with Gasteiger partial charge in [-0.3, -0.25) is 9.59 Å². The summed E-state index contributed by atoms with van der Waals surface area (Å²) in [5.74, 6) is 0.531. The molecule has 0 aliphatic heterocycles. The van der Waals surface area contributed by atoms with Gasteiger partial charge in [-0.15, -0.1) is 0 Å². The summed E-state index contributed by atoms with van der Waals surface area (Å²) in [5, 5.41) is 8.07. The summed E-state index contributed by atoms with van der Waals surface area (Å²) in [6, 6.07) is 8.25. The number of ketones is 1. The van der Waals surface area contributed by atoms with E-state index in [2.05, 4.69) is 10.2 Å². The van der Waals surface area contributed by atoms with Crippen molar-refractivity contribution in [1.29, 1.82) is 0 Å². The molecule has 0 fully saturated rings. The number of hydrogen-bond acceptors (Lipinski definition) is 8. The molecular weight excluding hydrogens is 438 g/mol. The number of anilines is 1. The van der Waals surface area contributed by atoms with Crippen LogP contribution in [0.5, 0.6) is 23.0 Å². The number of Topliss-reactive ketones (excluding diaryl/α,β-unsaturated/α-hetero) is 1. The summed E-state index contributed by atoms with van der Waals surface area (Å²) in [6.07, 6.45) is 0. The van der Waals surface area contributed by atoms with E-state index in [4.69, 9.17) is 30.7 Å². The Hall–Kier alpha value is -3.33. The number of halogens is 1. The van der Waals surface area contributed by atoms with E-state index in [1.54, 1.807) is 24.3 Å². The number of benzene rings is 2. The van der Waals surface area contributed by atoms with Crippen molar-refractivity contribution in [2.24, 2.45) is 10.2 Å². The molecule has 0 heterocycles. The van der Waals surface area contributed by atoms with Crippen molar-refractivity contribution in [3.63, 3.8) is 0 Å². The highest BCUT2D eigenvalue weighted by Gasteiger charge is 2.29. The smallest absolute Gasteiger partial charge is 0.276 e. The molecular formula is C22H26ClN3O6. The van der Waals surface area contributed by atoms with Gasteiger partial charge in [0.2, 0.25) is 6.04 Å². The molecule has 0 N–H and O–H groups in total. The SMILES string of the molecule is CCOc1ccc(OCC)c(N=NC(C(C)=O)C(=O)N(Cl)c2cc(OC)cc(OC)c2)c1. The van der Waals surface area contributed by atoms with Crippen LogP contribution >= 0.6 is 11.8 Å². The van der Waals surface area contributed by atoms with Gasteiger partial charge in [0.05, 0.1) is 33.1 Å². The molecule has 0 saturated carbocycles. The molecule has 1 atom stereocenters. The minimum atomic E-state index is -1.46. The lowest BCUT2D eigenvalue weighted by atomic mass is 10.2. The van der Waals surface area contributed by atoms with E-state index in [1.165, 1.54) is 33.3 Å². The summed E-state index contributed by atoms with van der Waals surface area (Å²) in [5.41, 5.74) is 0.573. The monoisotopic (exact) mass is 463 g/mol. The van der Waals surface area contributed by atoms with Gasteiger partial charge >= 0.3 is 0 Å². The number of azo groups is 1. The average molecular weight is 464 g/mol. The lowest BCUT2D eigenvalue weighted by molar-refractivity contribution is -0.126. The zero-order chi connectivity index (χ0) is 23.7. The first-order valence-electron chi connectivity index (χ1n) is 9.88. The Morgan fingerprint density at radius 1 is 0.969 bits per heavy atom. The quantitative estimate of drug-likeness (QED) is 0.271. The second-order valence-electron chi connectivity index (χ2n) is 6.41. The van der Waals surface area contributed by atoms with Gasteiger partial charge in [-0.1, -0.05) is 0 Å². The van der Waals surface area contributed by atoms with Gasteiger partial charge in [0.25, 0.3) is 5.91 Å². The summed E-state index contributed by atoms with van der Waals surface area (Å²) in [4.78, 5) is 25.2. The Morgan fingerprint density at radius 2 is 1.59 bits per heavy atom. The first-order valence-corrected chi connectivity index (χ1v) is 10.2.